The number of methoxy groups -OCH3 is 1. The van der Waals surface area contributed by atoms with Gasteiger partial charge in [0.15, 0.2) is 0 Å². The quantitative estimate of drug-likeness (QED) is 0.614. The molecule has 1 aromatic rings. The zero-order chi connectivity index (χ0) is 15.8. The van der Waals surface area contributed by atoms with Crippen LogP contribution in [0.5, 0.6) is 0 Å². The van der Waals surface area contributed by atoms with E-state index in [0.717, 1.165) is 25.3 Å². The lowest BCUT2D eigenvalue weighted by atomic mass is 10.2. The van der Waals surface area contributed by atoms with E-state index in [1.807, 2.05) is 12.1 Å². The summed E-state index contributed by atoms with van der Waals surface area (Å²) < 4.78 is 4.56. The number of hydrogen-bond donors (Lipinski definition) is 1. The number of rotatable bonds is 7. The van der Waals surface area contributed by atoms with Crippen molar-refractivity contribution in [1.82, 2.24) is 10.3 Å². The number of anilines is 1. The minimum atomic E-state index is -0.215. The third-order valence-corrected chi connectivity index (χ3v) is 3.76. The fourth-order valence-electron chi connectivity index (χ4n) is 2.45. The SMILES string of the molecule is COC(=O)CCCCNC(=O)c1ccc(N2CCCC2)nc1. The summed E-state index contributed by atoms with van der Waals surface area (Å²) in [5, 5.41) is 2.84. The average molecular weight is 305 g/mol. The van der Waals surface area contributed by atoms with E-state index in [1.165, 1.54) is 20.0 Å². The highest BCUT2D eigenvalue weighted by molar-refractivity contribution is 5.94. The molecule has 6 heteroatoms. The fourth-order valence-corrected chi connectivity index (χ4v) is 2.45. The Balaban J connectivity index is 1.72. The van der Waals surface area contributed by atoms with Crippen molar-refractivity contribution in [2.45, 2.75) is 32.1 Å². The summed E-state index contributed by atoms with van der Waals surface area (Å²) in [4.78, 5) is 29.5. The normalized spacial score (nSPS) is 14.0. The molecule has 0 spiro atoms. The number of ether oxygens (including phenoxy) is 1. The molecule has 1 N–H and O–H groups in total. The minimum Gasteiger partial charge on any atom is -0.469 e. The molecule has 1 fully saturated rings. The van der Waals surface area contributed by atoms with E-state index in [-0.39, 0.29) is 11.9 Å². The van der Waals surface area contributed by atoms with Crippen LogP contribution >= 0.6 is 0 Å². The number of pyridine rings is 1. The summed E-state index contributed by atoms with van der Waals surface area (Å²) in [5.41, 5.74) is 0.566. The van der Waals surface area contributed by atoms with Crippen LogP contribution in [-0.2, 0) is 9.53 Å². The van der Waals surface area contributed by atoms with Gasteiger partial charge in [0.05, 0.1) is 12.7 Å². The highest BCUT2D eigenvalue weighted by Gasteiger charge is 2.14. The number of aromatic nitrogens is 1. The van der Waals surface area contributed by atoms with Gasteiger partial charge in [0, 0.05) is 32.3 Å². The maximum absolute atomic E-state index is 12.0. The molecule has 1 aliphatic heterocycles. The standard InChI is InChI=1S/C16H23N3O3/c1-22-15(20)6-2-3-9-17-16(21)13-7-8-14(18-12-13)19-10-4-5-11-19/h7-8,12H,2-6,9-11H2,1H3,(H,17,21). The lowest BCUT2D eigenvalue weighted by Gasteiger charge is -2.16. The maximum Gasteiger partial charge on any atom is 0.305 e. The van der Waals surface area contributed by atoms with Crippen LogP contribution in [0.25, 0.3) is 0 Å². The van der Waals surface area contributed by atoms with Crippen LogP contribution in [0, 0.1) is 0 Å². The molecule has 0 aromatic carbocycles. The van der Waals surface area contributed by atoms with Crippen molar-refractivity contribution < 1.29 is 14.3 Å². The van der Waals surface area contributed by atoms with E-state index in [0.29, 0.717) is 24.9 Å². The van der Waals surface area contributed by atoms with Crippen molar-refractivity contribution in [1.29, 1.82) is 0 Å². The van der Waals surface area contributed by atoms with Crippen LogP contribution in [0.2, 0.25) is 0 Å². The van der Waals surface area contributed by atoms with Gasteiger partial charge < -0.3 is 15.0 Å². The zero-order valence-electron chi connectivity index (χ0n) is 13.0. The predicted octanol–water partition coefficient (Wildman–Crippen LogP) is 1.75. The Morgan fingerprint density at radius 2 is 2.05 bits per heavy atom. The van der Waals surface area contributed by atoms with Crippen LogP contribution in [0.1, 0.15) is 42.5 Å². The Kier molecular flexibility index (Phi) is 6.18. The summed E-state index contributed by atoms with van der Waals surface area (Å²) in [7, 11) is 1.38. The number of carbonyl (C=O) groups is 2. The summed E-state index contributed by atoms with van der Waals surface area (Å²) in [6, 6.07) is 3.71. The van der Waals surface area contributed by atoms with E-state index in [1.54, 1.807) is 6.20 Å². The van der Waals surface area contributed by atoms with Crippen molar-refractivity contribution in [3.05, 3.63) is 23.9 Å². The molecule has 0 atom stereocenters. The monoisotopic (exact) mass is 305 g/mol. The molecule has 0 radical (unpaired) electrons. The van der Waals surface area contributed by atoms with Gasteiger partial charge in [0.25, 0.3) is 5.91 Å². The number of carbonyl (C=O) groups excluding carboxylic acids is 2. The molecule has 0 aliphatic carbocycles. The predicted molar refractivity (Wildman–Crippen MR) is 83.9 cm³/mol. The van der Waals surface area contributed by atoms with Crippen molar-refractivity contribution >= 4 is 17.7 Å². The highest BCUT2D eigenvalue weighted by Crippen LogP contribution is 2.17. The number of nitrogens with one attached hydrogen (secondary N) is 1. The Morgan fingerprint density at radius 1 is 1.27 bits per heavy atom. The molecule has 1 amide bonds. The molecule has 1 aromatic heterocycles. The van der Waals surface area contributed by atoms with Crippen LogP contribution in [0.3, 0.4) is 0 Å². The lowest BCUT2D eigenvalue weighted by Crippen LogP contribution is -2.25. The summed E-state index contributed by atoms with van der Waals surface area (Å²) in [6.45, 7) is 2.63. The van der Waals surface area contributed by atoms with E-state index in [9.17, 15) is 9.59 Å². The van der Waals surface area contributed by atoms with Gasteiger partial charge in [0.2, 0.25) is 0 Å². The van der Waals surface area contributed by atoms with Gasteiger partial charge in [-0.25, -0.2) is 4.98 Å². The van der Waals surface area contributed by atoms with E-state index in [4.69, 9.17) is 0 Å². The van der Waals surface area contributed by atoms with Gasteiger partial charge in [-0.3, -0.25) is 9.59 Å². The molecule has 120 valence electrons. The molecule has 2 rings (SSSR count). The Morgan fingerprint density at radius 3 is 2.68 bits per heavy atom. The lowest BCUT2D eigenvalue weighted by molar-refractivity contribution is -0.140. The molecule has 2 heterocycles. The average Bonchev–Trinajstić information content (AvgIpc) is 3.08. The Labute approximate surface area is 130 Å². The number of esters is 1. The van der Waals surface area contributed by atoms with E-state index >= 15 is 0 Å². The van der Waals surface area contributed by atoms with Crippen molar-refractivity contribution in [3.63, 3.8) is 0 Å². The van der Waals surface area contributed by atoms with Gasteiger partial charge in [-0.1, -0.05) is 0 Å². The van der Waals surface area contributed by atoms with Gasteiger partial charge >= 0.3 is 5.97 Å². The molecule has 0 unspecified atom stereocenters. The smallest absolute Gasteiger partial charge is 0.305 e. The molecular formula is C16H23N3O3. The molecule has 1 aliphatic rings. The van der Waals surface area contributed by atoms with Crippen LogP contribution < -0.4 is 10.2 Å². The van der Waals surface area contributed by atoms with Crippen LogP contribution in [-0.4, -0.2) is 43.6 Å². The van der Waals surface area contributed by atoms with E-state index < -0.39 is 0 Å². The molecule has 6 nitrogen and oxygen atoms in total. The van der Waals surface area contributed by atoms with Crippen LogP contribution in [0.15, 0.2) is 18.3 Å². The number of hydrogen-bond acceptors (Lipinski definition) is 5. The molecular weight excluding hydrogens is 282 g/mol. The summed E-state index contributed by atoms with van der Waals surface area (Å²) >= 11 is 0. The number of nitrogens with zero attached hydrogens (tertiary/aromatic N) is 2. The first kappa shape index (κ1) is 16.3. The molecule has 22 heavy (non-hydrogen) atoms. The largest absolute Gasteiger partial charge is 0.469 e. The Bertz CT molecular complexity index is 496. The Hall–Kier alpha value is -2.11. The summed E-state index contributed by atoms with van der Waals surface area (Å²) in [6.07, 6.45) is 5.88. The molecule has 0 saturated carbocycles. The summed E-state index contributed by atoms with van der Waals surface area (Å²) in [5.74, 6) is 0.596. The van der Waals surface area contributed by atoms with Crippen molar-refractivity contribution in [2.24, 2.45) is 0 Å². The second-order valence-corrected chi connectivity index (χ2v) is 5.39. The third kappa shape index (κ3) is 4.72. The zero-order valence-corrected chi connectivity index (χ0v) is 13.0. The van der Waals surface area contributed by atoms with Gasteiger partial charge in [-0.2, -0.15) is 0 Å². The topological polar surface area (TPSA) is 71.5 Å². The van der Waals surface area contributed by atoms with E-state index in [2.05, 4.69) is 19.9 Å². The first-order chi connectivity index (χ1) is 10.7. The van der Waals surface area contributed by atoms with Gasteiger partial charge in [-0.05, 0) is 37.8 Å². The third-order valence-electron chi connectivity index (χ3n) is 3.76. The number of unbranched alkanes of at least 4 members (excludes halogenated alkanes) is 1. The first-order valence-corrected chi connectivity index (χ1v) is 7.76. The van der Waals surface area contributed by atoms with Crippen molar-refractivity contribution in [3.8, 4) is 0 Å². The fraction of sp³-hybridized carbons (Fsp3) is 0.562. The number of amides is 1. The van der Waals surface area contributed by atoms with Gasteiger partial charge in [-0.15, -0.1) is 0 Å². The maximum atomic E-state index is 12.0. The minimum absolute atomic E-state index is 0.126. The second-order valence-electron chi connectivity index (χ2n) is 5.39. The molecule has 0 bridgehead atoms. The second kappa shape index (κ2) is 8.36. The molecule has 1 saturated heterocycles. The highest BCUT2D eigenvalue weighted by atomic mass is 16.5. The van der Waals surface area contributed by atoms with Crippen molar-refractivity contribution in [2.75, 3.05) is 31.6 Å². The van der Waals surface area contributed by atoms with Gasteiger partial charge in [0.1, 0.15) is 5.82 Å². The first-order valence-electron chi connectivity index (χ1n) is 7.76. The van der Waals surface area contributed by atoms with Crippen LogP contribution in [0.4, 0.5) is 5.82 Å².